The first-order valence-corrected chi connectivity index (χ1v) is 6.55. The van der Waals surface area contributed by atoms with E-state index in [9.17, 15) is 4.79 Å². The van der Waals surface area contributed by atoms with Crippen LogP contribution in [-0.4, -0.2) is 12.3 Å². The molecular formula is C15H21NO. The van der Waals surface area contributed by atoms with E-state index in [0.29, 0.717) is 24.0 Å². The fourth-order valence-electron chi connectivity index (χ4n) is 2.43. The van der Waals surface area contributed by atoms with Crippen LogP contribution in [0.2, 0.25) is 0 Å². The Balaban J connectivity index is 1.95. The second-order valence-corrected chi connectivity index (χ2v) is 5.13. The molecule has 2 nitrogen and oxygen atoms in total. The Kier molecular flexibility index (Phi) is 3.82. The fourth-order valence-corrected chi connectivity index (χ4v) is 2.43. The average Bonchev–Trinajstić information content (AvgIpc) is 2.72. The Bertz CT molecular complexity index is 400. The quantitative estimate of drug-likeness (QED) is 0.839. The summed E-state index contributed by atoms with van der Waals surface area (Å²) in [6, 6.07) is 8.32. The highest BCUT2D eigenvalue weighted by Gasteiger charge is 2.24. The molecule has 1 aromatic carbocycles. The summed E-state index contributed by atoms with van der Waals surface area (Å²) in [4.78, 5) is 12.0. The SMILES string of the molecule is CCC(C)CC(=O)CC1CNc2ccccc21. The number of carbonyl (C=O) groups is 1. The van der Waals surface area contributed by atoms with Crippen LogP contribution in [0.1, 0.15) is 44.6 Å². The Morgan fingerprint density at radius 2 is 2.24 bits per heavy atom. The van der Waals surface area contributed by atoms with Crippen LogP contribution in [0.25, 0.3) is 0 Å². The number of Topliss-reactive ketones (excluding diaryl/α,β-unsaturated/α-hetero) is 1. The molecule has 2 atom stereocenters. The molecular weight excluding hydrogens is 210 g/mol. The molecule has 17 heavy (non-hydrogen) atoms. The first-order valence-electron chi connectivity index (χ1n) is 6.55. The van der Waals surface area contributed by atoms with Gasteiger partial charge in [-0.2, -0.15) is 0 Å². The van der Waals surface area contributed by atoms with E-state index < -0.39 is 0 Å². The van der Waals surface area contributed by atoms with Gasteiger partial charge in [0.15, 0.2) is 0 Å². The minimum Gasteiger partial charge on any atom is -0.384 e. The molecule has 2 rings (SSSR count). The number of hydrogen-bond donors (Lipinski definition) is 1. The highest BCUT2D eigenvalue weighted by atomic mass is 16.1. The third-order valence-electron chi connectivity index (χ3n) is 3.69. The van der Waals surface area contributed by atoms with Crippen molar-refractivity contribution >= 4 is 11.5 Å². The topological polar surface area (TPSA) is 29.1 Å². The smallest absolute Gasteiger partial charge is 0.133 e. The second kappa shape index (κ2) is 5.35. The molecule has 0 bridgehead atoms. The Morgan fingerprint density at radius 1 is 1.47 bits per heavy atom. The molecule has 2 unspecified atom stereocenters. The van der Waals surface area contributed by atoms with Gasteiger partial charge in [0.25, 0.3) is 0 Å². The van der Waals surface area contributed by atoms with E-state index in [4.69, 9.17) is 0 Å². The van der Waals surface area contributed by atoms with Crippen molar-refractivity contribution < 1.29 is 4.79 Å². The number of hydrogen-bond acceptors (Lipinski definition) is 2. The van der Waals surface area contributed by atoms with Crippen LogP contribution in [-0.2, 0) is 4.79 Å². The van der Waals surface area contributed by atoms with Gasteiger partial charge in [-0.05, 0) is 17.5 Å². The predicted octanol–water partition coefficient (Wildman–Crippen LogP) is 3.59. The zero-order valence-corrected chi connectivity index (χ0v) is 10.7. The van der Waals surface area contributed by atoms with E-state index in [1.807, 2.05) is 6.07 Å². The third kappa shape index (κ3) is 2.87. The van der Waals surface area contributed by atoms with Crippen molar-refractivity contribution in [3.63, 3.8) is 0 Å². The van der Waals surface area contributed by atoms with Crippen LogP contribution in [0, 0.1) is 5.92 Å². The fraction of sp³-hybridized carbons (Fsp3) is 0.533. The Hall–Kier alpha value is -1.31. The number of carbonyl (C=O) groups excluding carboxylic acids is 1. The lowest BCUT2D eigenvalue weighted by Gasteiger charge is -2.11. The summed E-state index contributed by atoms with van der Waals surface area (Å²) in [7, 11) is 0. The van der Waals surface area contributed by atoms with Crippen LogP contribution in [0.15, 0.2) is 24.3 Å². The van der Waals surface area contributed by atoms with Crippen LogP contribution >= 0.6 is 0 Å². The van der Waals surface area contributed by atoms with Crippen molar-refractivity contribution in [2.45, 2.75) is 39.0 Å². The molecule has 1 aliphatic heterocycles. The lowest BCUT2D eigenvalue weighted by atomic mass is 9.92. The summed E-state index contributed by atoms with van der Waals surface area (Å²) in [5, 5.41) is 3.37. The largest absolute Gasteiger partial charge is 0.384 e. The molecule has 0 radical (unpaired) electrons. The number of rotatable bonds is 5. The van der Waals surface area contributed by atoms with Gasteiger partial charge < -0.3 is 5.32 Å². The van der Waals surface area contributed by atoms with Gasteiger partial charge >= 0.3 is 0 Å². The molecule has 1 N–H and O–H groups in total. The van der Waals surface area contributed by atoms with Crippen LogP contribution in [0.4, 0.5) is 5.69 Å². The van der Waals surface area contributed by atoms with Gasteiger partial charge in [0.05, 0.1) is 0 Å². The van der Waals surface area contributed by atoms with E-state index in [1.54, 1.807) is 0 Å². The zero-order valence-electron chi connectivity index (χ0n) is 10.7. The van der Waals surface area contributed by atoms with Gasteiger partial charge in [0.2, 0.25) is 0 Å². The molecule has 92 valence electrons. The first kappa shape index (κ1) is 12.2. The predicted molar refractivity (Wildman–Crippen MR) is 71.4 cm³/mol. The number of para-hydroxylation sites is 1. The standard InChI is InChI=1S/C15H21NO/c1-3-11(2)8-13(17)9-12-10-16-15-7-5-4-6-14(12)15/h4-7,11-12,16H,3,8-10H2,1-2H3. The highest BCUT2D eigenvalue weighted by Crippen LogP contribution is 2.33. The molecule has 1 heterocycles. The summed E-state index contributed by atoms with van der Waals surface area (Å²) in [6.45, 7) is 5.20. The number of nitrogens with one attached hydrogen (secondary N) is 1. The van der Waals surface area contributed by atoms with E-state index in [1.165, 1.54) is 11.3 Å². The molecule has 0 amide bonds. The van der Waals surface area contributed by atoms with Crippen molar-refractivity contribution in [2.24, 2.45) is 5.92 Å². The Labute approximate surface area is 103 Å². The van der Waals surface area contributed by atoms with E-state index in [0.717, 1.165) is 19.4 Å². The molecule has 0 fully saturated rings. The van der Waals surface area contributed by atoms with Gasteiger partial charge in [-0.25, -0.2) is 0 Å². The minimum atomic E-state index is 0.378. The zero-order chi connectivity index (χ0) is 12.3. The number of fused-ring (bicyclic) bond motifs is 1. The lowest BCUT2D eigenvalue weighted by Crippen LogP contribution is -2.11. The molecule has 0 saturated heterocycles. The molecule has 1 aromatic rings. The number of benzene rings is 1. The summed E-state index contributed by atoms with van der Waals surface area (Å²) in [5.41, 5.74) is 2.51. The van der Waals surface area contributed by atoms with Gasteiger partial charge in [-0.15, -0.1) is 0 Å². The summed E-state index contributed by atoms with van der Waals surface area (Å²) in [6.07, 6.45) is 2.51. The van der Waals surface area contributed by atoms with Crippen LogP contribution in [0.3, 0.4) is 0 Å². The summed E-state index contributed by atoms with van der Waals surface area (Å²) < 4.78 is 0. The first-order chi connectivity index (χ1) is 8.20. The molecule has 2 heteroatoms. The van der Waals surface area contributed by atoms with Crippen LogP contribution < -0.4 is 5.32 Å². The summed E-state index contributed by atoms with van der Waals surface area (Å²) in [5.74, 6) is 1.30. The maximum Gasteiger partial charge on any atom is 0.133 e. The normalized spacial score (nSPS) is 19.5. The van der Waals surface area contributed by atoms with Crippen molar-refractivity contribution in [1.29, 1.82) is 0 Å². The lowest BCUT2D eigenvalue weighted by molar-refractivity contribution is -0.120. The maximum absolute atomic E-state index is 12.0. The van der Waals surface area contributed by atoms with Crippen molar-refractivity contribution in [1.82, 2.24) is 0 Å². The van der Waals surface area contributed by atoms with E-state index >= 15 is 0 Å². The Morgan fingerprint density at radius 3 is 3.00 bits per heavy atom. The monoisotopic (exact) mass is 231 g/mol. The molecule has 0 aromatic heterocycles. The van der Waals surface area contributed by atoms with Crippen molar-refractivity contribution in [2.75, 3.05) is 11.9 Å². The molecule has 0 spiro atoms. The molecule has 1 aliphatic rings. The van der Waals surface area contributed by atoms with Crippen LogP contribution in [0.5, 0.6) is 0 Å². The van der Waals surface area contributed by atoms with E-state index in [2.05, 4.69) is 37.4 Å². The van der Waals surface area contributed by atoms with Crippen molar-refractivity contribution in [3.8, 4) is 0 Å². The molecule has 0 saturated carbocycles. The average molecular weight is 231 g/mol. The van der Waals surface area contributed by atoms with Gasteiger partial charge in [-0.3, -0.25) is 4.79 Å². The van der Waals surface area contributed by atoms with Gasteiger partial charge in [0, 0.05) is 31.0 Å². The van der Waals surface area contributed by atoms with E-state index in [-0.39, 0.29) is 0 Å². The highest BCUT2D eigenvalue weighted by molar-refractivity contribution is 5.80. The second-order valence-electron chi connectivity index (χ2n) is 5.13. The number of anilines is 1. The minimum absolute atomic E-state index is 0.378. The van der Waals surface area contributed by atoms with Crippen molar-refractivity contribution in [3.05, 3.63) is 29.8 Å². The maximum atomic E-state index is 12.0. The molecule has 0 aliphatic carbocycles. The third-order valence-corrected chi connectivity index (χ3v) is 3.69. The van der Waals surface area contributed by atoms with Gasteiger partial charge in [-0.1, -0.05) is 38.5 Å². The number of ketones is 1. The summed E-state index contributed by atoms with van der Waals surface area (Å²) >= 11 is 0. The van der Waals surface area contributed by atoms with Gasteiger partial charge in [0.1, 0.15) is 5.78 Å².